The van der Waals surface area contributed by atoms with Crippen LogP contribution < -0.4 is 4.74 Å². The van der Waals surface area contributed by atoms with Crippen molar-refractivity contribution in [3.05, 3.63) is 40.3 Å². The molecule has 0 radical (unpaired) electrons. The molecule has 0 unspecified atom stereocenters. The topological polar surface area (TPSA) is 95.3 Å². The zero-order chi connectivity index (χ0) is 12.5. The fourth-order valence-electron chi connectivity index (χ4n) is 0.988. The van der Waals surface area contributed by atoms with Crippen molar-refractivity contribution in [3.8, 4) is 17.6 Å². The van der Waals surface area contributed by atoms with Gasteiger partial charge in [-0.1, -0.05) is 17.0 Å². The monoisotopic (exact) mass is 231 g/mol. The zero-order valence-corrected chi connectivity index (χ0v) is 8.83. The molecule has 0 fully saturated rings. The number of carboxylic acid groups (broad SMARTS) is 1. The molecule has 6 nitrogen and oxygen atoms in total. The van der Waals surface area contributed by atoms with Crippen molar-refractivity contribution < 1.29 is 14.6 Å². The lowest BCUT2D eigenvalue weighted by atomic mass is 10.2. The summed E-state index contributed by atoms with van der Waals surface area (Å²) in [6.07, 6.45) is 0. The molecule has 0 spiro atoms. The minimum Gasteiger partial charge on any atom is -0.482 e. The lowest BCUT2D eigenvalue weighted by molar-refractivity contribution is -0.139. The predicted octanol–water partition coefficient (Wildman–Crippen LogP) is 1.81. The normalized spacial score (nSPS) is 8.47. The van der Waals surface area contributed by atoms with Crippen molar-refractivity contribution in [1.29, 1.82) is 0 Å². The molecular weight excluding hydrogens is 222 g/mol. The van der Waals surface area contributed by atoms with Crippen LogP contribution in [0.1, 0.15) is 5.56 Å². The molecule has 0 saturated heterocycles. The number of aliphatic carboxylic acids is 1. The summed E-state index contributed by atoms with van der Waals surface area (Å²) in [6, 6.07) is 6.64. The Morgan fingerprint density at radius 2 is 2.18 bits per heavy atom. The van der Waals surface area contributed by atoms with Gasteiger partial charge in [0.2, 0.25) is 0 Å². The summed E-state index contributed by atoms with van der Waals surface area (Å²) < 4.78 is 4.95. The van der Waals surface area contributed by atoms with Crippen LogP contribution in [0.25, 0.3) is 10.4 Å². The maximum Gasteiger partial charge on any atom is 0.341 e. The molecule has 1 N–H and O–H groups in total. The van der Waals surface area contributed by atoms with Gasteiger partial charge in [-0.15, -0.1) is 0 Å². The lowest BCUT2D eigenvalue weighted by Gasteiger charge is -2.01. The van der Waals surface area contributed by atoms with Crippen LogP contribution in [0.5, 0.6) is 5.75 Å². The first kappa shape index (κ1) is 12.4. The first-order valence-corrected chi connectivity index (χ1v) is 4.67. The molecule has 0 amide bonds. The average molecular weight is 231 g/mol. The lowest BCUT2D eigenvalue weighted by Crippen LogP contribution is -2.09. The van der Waals surface area contributed by atoms with Gasteiger partial charge in [-0.3, -0.25) is 0 Å². The van der Waals surface area contributed by atoms with E-state index in [1.807, 2.05) is 0 Å². The highest BCUT2D eigenvalue weighted by Gasteiger charge is 1.98. The van der Waals surface area contributed by atoms with Crippen molar-refractivity contribution in [2.24, 2.45) is 5.11 Å². The summed E-state index contributed by atoms with van der Waals surface area (Å²) in [5.74, 6) is 4.89. The van der Waals surface area contributed by atoms with Crippen LogP contribution in [0.2, 0.25) is 0 Å². The molecule has 0 aromatic heterocycles. The van der Waals surface area contributed by atoms with E-state index in [-0.39, 0.29) is 13.2 Å². The smallest absolute Gasteiger partial charge is 0.341 e. The highest BCUT2D eigenvalue weighted by molar-refractivity contribution is 5.68. The largest absolute Gasteiger partial charge is 0.482 e. The third kappa shape index (κ3) is 5.11. The van der Waals surface area contributed by atoms with Crippen molar-refractivity contribution >= 4 is 5.97 Å². The van der Waals surface area contributed by atoms with Gasteiger partial charge in [0, 0.05) is 10.5 Å². The number of nitrogens with zero attached hydrogens (tertiary/aromatic N) is 3. The molecule has 0 heterocycles. The maximum atomic E-state index is 10.3. The number of azide groups is 1. The molecule has 0 aliphatic rings. The predicted molar refractivity (Wildman–Crippen MR) is 60.5 cm³/mol. The Morgan fingerprint density at radius 3 is 2.76 bits per heavy atom. The number of carbonyl (C=O) groups is 1. The highest BCUT2D eigenvalue weighted by Crippen LogP contribution is 2.11. The first-order valence-electron chi connectivity index (χ1n) is 4.67. The number of hydrogen-bond acceptors (Lipinski definition) is 3. The molecule has 86 valence electrons. The van der Waals surface area contributed by atoms with E-state index in [2.05, 4.69) is 21.9 Å². The Morgan fingerprint density at radius 1 is 1.47 bits per heavy atom. The molecule has 6 heteroatoms. The molecule has 1 rings (SSSR count). The highest BCUT2D eigenvalue weighted by atomic mass is 16.5. The van der Waals surface area contributed by atoms with Gasteiger partial charge in [0.05, 0.1) is 6.54 Å². The minimum atomic E-state index is -1.02. The van der Waals surface area contributed by atoms with Crippen molar-refractivity contribution in [2.75, 3.05) is 13.2 Å². The third-order valence-electron chi connectivity index (χ3n) is 1.66. The number of carboxylic acids is 1. The number of rotatable bonds is 4. The Labute approximate surface area is 97.5 Å². The number of benzene rings is 1. The summed E-state index contributed by atoms with van der Waals surface area (Å²) in [7, 11) is 0. The standard InChI is InChI=1S/C11H9N3O3/c12-14-13-7-1-2-9-3-5-10(6-4-9)17-8-11(15)16/h3-6H,7-8H2,(H,15,16). The molecular formula is C11H9N3O3. The van der Waals surface area contributed by atoms with E-state index in [0.717, 1.165) is 5.56 Å². The molecule has 0 atom stereocenters. The number of ether oxygens (including phenoxy) is 1. The van der Waals surface area contributed by atoms with Crippen LogP contribution >= 0.6 is 0 Å². The molecule has 0 bridgehead atoms. The van der Waals surface area contributed by atoms with Crippen LogP contribution in [0, 0.1) is 11.8 Å². The zero-order valence-electron chi connectivity index (χ0n) is 8.83. The maximum absolute atomic E-state index is 10.3. The van der Waals surface area contributed by atoms with E-state index in [0.29, 0.717) is 5.75 Å². The van der Waals surface area contributed by atoms with Crippen LogP contribution in [-0.4, -0.2) is 24.2 Å². The fourth-order valence-corrected chi connectivity index (χ4v) is 0.988. The van der Waals surface area contributed by atoms with Gasteiger partial charge in [-0.25, -0.2) is 4.79 Å². The SMILES string of the molecule is [N-]=[N+]=NCC#Cc1ccc(OCC(=O)O)cc1. The van der Waals surface area contributed by atoms with Gasteiger partial charge >= 0.3 is 5.97 Å². The van der Waals surface area contributed by atoms with Gasteiger partial charge < -0.3 is 9.84 Å². The van der Waals surface area contributed by atoms with Crippen LogP contribution in [0.3, 0.4) is 0 Å². The summed E-state index contributed by atoms with van der Waals surface area (Å²) in [5, 5.41) is 11.7. The van der Waals surface area contributed by atoms with Gasteiger partial charge in [-0.2, -0.15) is 0 Å². The van der Waals surface area contributed by atoms with Gasteiger partial charge in [0.1, 0.15) is 5.75 Å². The summed E-state index contributed by atoms with van der Waals surface area (Å²) in [6.45, 7) is -0.254. The second-order valence-electron chi connectivity index (χ2n) is 2.90. The van der Waals surface area contributed by atoms with E-state index >= 15 is 0 Å². The molecule has 1 aromatic carbocycles. The van der Waals surface area contributed by atoms with Crippen molar-refractivity contribution in [2.45, 2.75) is 0 Å². The second kappa shape index (κ2) is 6.77. The molecule has 17 heavy (non-hydrogen) atoms. The van der Waals surface area contributed by atoms with E-state index in [1.54, 1.807) is 24.3 Å². The Hall–Kier alpha value is -2.64. The van der Waals surface area contributed by atoms with Gasteiger partial charge in [-0.05, 0) is 29.8 Å². The molecule has 0 aliphatic heterocycles. The van der Waals surface area contributed by atoms with Crippen LogP contribution in [0.4, 0.5) is 0 Å². The van der Waals surface area contributed by atoms with E-state index < -0.39 is 5.97 Å². The Kier molecular flexibility index (Phi) is 4.95. The third-order valence-corrected chi connectivity index (χ3v) is 1.66. The summed E-state index contributed by atoms with van der Waals surface area (Å²) in [4.78, 5) is 12.8. The van der Waals surface area contributed by atoms with Gasteiger partial charge in [0.15, 0.2) is 6.61 Å². The number of hydrogen-bond donors (Lipinski definition) is 1. The minimum absolute atomic E-state index is 0.119. The van der Waals surface area contributed by atoms with Gasteiger partial charge in [0.25, 0.3) is 0 Å². The molecule has 0 saturated carbocycles. The Balaban J connectivity index is 2.57. The second-order valence-corrected chi connectivity index (χ2v) is 2.90. The Bertz CT molecular complexity index is 493. The quantitative estimate of drug-likeness (QED) is 0.370. The average Bonchev–Trinajstić information content (AvgIpc) is 2.33. The van der Waals surface area contributed by atoms with E-state index in [1.165, 1.54) is 0 Å². The summed E-state index contributed by atoms with van der Waals surface area (Å²) >= 11 is 0. The van der Waals surface area contributed by atoms with Crippen LogP contribution in [0.15, 0.2) is 29.4 Å². The van der Waals surface area contributed by atoms with Crippen LogP contribution in [-0.2, 0) is 4.79 Å². The fraction of sp³-hybridized carbons (Fsp3) is 0.182. The molecule has 1 aromatic rings. The van der Waals surface area contributed by atoms with E-state index in [4.69, 9.17) is 15.4 Å². The first-order chi connectivity index (χ1) is 8.22. The summed E-state index contributed by atoms with van der Waals surface area (Å²) in [5.41, 5.74) is 8.77. The van der Waals surface area contributed by atoms with Crippen molar-refractivity contribution in [1.82, 2.24) is 0 Å². The molecule has 0 aliphatic carbocycles. The van der Waals surface area contributed by atoms with E-state index in [9.17, 15) is 4.79 Å². The van der Waals surface area contributed by atoms with Crippen molar-refractivity contribution in [3.63, 3.8) is 0 Å².